The molecule has 0 bridgehead atoms. The third kappa shape index (κ3) is 2.06. The Kier molecular flexibility index (Phi) is 2.62. The van der Waals surface area contributed by atoms with E-state index in [2.05, 4.69) is 34.5 Å². The van der Waals surface area contributed by atoms with Gasteiger partial charge in [0.05, 0.1) is 6.04 Å². The Morgan fingerprint density at radius 1 is 1.21 bits per heavy atom. The van der Waals surface area contributed by atoms with E-state index in [1.54, 1.807) is 0 Å². The number of carbonyl (C=O) groups excluding carboxylic acids is 1. The number of rotatable bonds is 4. The number of fused-ring (bicyclic) bond motifs is 1. The standard InChI is InChI=1S/C16H20N2O/c19-16-15(17-13-5-6-13)7-8-18(16)10-12-9-11-3-1-2-4-14(11)12/h1-4,12-13,15,17H,5-10H2. The molecule has 1 saturated carbocycles. The van der Waals surface area contributed by atoms with Gasteiger partial charge in [0.2, 0.25) is 5.91 Å². The second-order valence-electron chi connectivity index (χ2n) is 6.17. The molecule has 4 rings (SSSR count). The molecule has 1 N–H and O–H groups in total. The van der Waals surface area contributed by atoms with E-state index in [0.29, 0.717) is 17.9 Å². The van der Waals surface area contributed by atoms with Crippen molar-refractivity contribution in [3.05, 3.63) is 35.4 Å². The third-order valence-corrected chi connectivity index (χ3v) is 4.71. The predicted octanol–water partition coefficient (Wildman–Crippen LogP) is 1.68. The average molecular weight is 256 g/mol. The van der Waals surface area contributed by atoms with Crippen LogP contribution in [0, 0.1) is 0 Å². The Morgan fingerprint density at radius 3 is 2.84 bits per heavy atom. The SMILES string of the molecule is O=C1C(NC2CC2)CCN1CC1Cc2ccccc21. The van der Waals surface area contributed by atoms with Gasteiger partial charge < -0.3 is 10.2 Å². The number of carbonyl (C=O) groups is 1. The second-order valence-corrected chi connectivity index (χ2v) is 6.17. The van der Waals surface area contributed by atoms with E-state index in [4.69, 9.17) is 0 Å². The highest BCUT2D eigenvalue weighted by Gasteiger charge is 2.37. The van der Waals surface area contributed by atoms with E-state index < -0.39 is 0 Å². The lowest BCUT2D eigenvalue weighted by atomic mass is 9.77. The van der Waals surface area contributed by atoms with E-state index in [-0.39, 0.29) is 6.04 Å². The number of nitrogens with zero attached hydrogens (tertiary/aromatic N) is 1. The van der Waals surface area contributed by atoms with Crippen molar-refractivity contribution in [1.82, 2.24) is 10.2 Å². The zero-order chi connectivity index (χ0) is 12.8. The Morgan fingerprint density at radius 2 is 2.05 bits per heavy atom. The largest absolute Gasteiger partial charge is 0.341 e. The van der Waals surface area contributed by atoms with Gasteiger partial charge in [-0.2, -0.15) is 0 Å². The molecule has 1 saturated heterocycles. The highest BCUT2D eigenvalue weighted by Crippen LogP contribution is 2.36. The Balaban J connectivity index is 1.38. The highest BCUT2D eigenvalue weighted by molar-refractivity contribution is 5.84. The Hall–Kier alpha value is -1.35. The number of nitrogens with one attached hydrogen (secondary N) is 1. The van der Waals surface area contributed by atoms with Gasteiger partial charge in [0.1, 0.15) is 0 Å². The third-order valence-electron chi connectivity index (χ3n) is 4.71. The second kappa shape index (κ2) is 4.34. The lowest BCUT2D eigenvalue weighted by Crippen LogP contribution is -2.41. The minimum atomic E-state index is 0.0998. The minimum Gasteiger partial charge on any atom is -0.341 e. The molecule has 2 fully saturated rings. The lowest BCUT2D eigenvalue weighted by molar-refractivity contribution is -0.129. The summed E-state index contributed by atoms with van der Waals surface area (Å²) in [7, 11) is 0. The van der Waals surface area contributed by atoms with Crippen molar-refractivity contribution >= 4 is 5.91 Å². The van der Waals surface area contributed by atoms with Crippen LogP contribution in [0.2, 0.25) is 0 Å². The summed E-state index contributed by atoms with van der Waals surface area (Å²) in [6.45, 7) is 1.85. The summed E-state index contributed by atoms with van der Waals surface area (Å²) >= 11 is 0. The number of hydrogen-bond donors (Lipinski definition) is 1. The van der Waals surface area contributed by atoms with Crippen LogP contribution < -0.4 is 5.32 Å². The topological polar surface area (TPSA) is 32.3 Å². The number of likely N-dealkylation sites (tertiary alicyclic amines) is 1. The molecular formula is C16H20N2O. The molecule has 1 aliphatic heterocycles. The molecule has 0 radical (unpaired) electrons. The average Bonchev–Trinajstić information content (AvgIpc) is 3.14. The van der Waals surface area contributed by atoms with Crippen LogP contribution in [0.1, 0.15) is 36.3 Å². The molecule has 1 amide bonds. The normalized spacial score (nSPS) is 29.3. The van der Waals surface area contributed by atoms with Gasteiger partial charge in [0.25, 0.3) is 0 Å². The van der Waals surface area contributed by atoms with Crippen LogP contribution in [0.5, 0.6) is 0 Å². The maximum Gasteiger partial charge on any atom is 0.239 e. The quantitative estimate of drug-likeness (QED) is 0.889. The molecule has 0 spiro atoms. The molecule has 3 aliphatic rings. The first-order valence-electron chi connectivity index (χ1n) is 7.44. The Labute approximate surface area is 114 Å². The molecule has 19 heavy (non-hydrogen) atoms. The van der Waals surface area contributed by atoms with Crippen molar-refractivity contribution in [2.24, 2.45) is 0 Å². The summed E-state index contributed by atoms with van der Waals surface area (Å²) in [6, 6.07) is 9.35. The van der Waals surface area contributed by atoms with Crippen molar-refractivity contribution in [3.8, 4) is 0 Å². The summed E-state index contributed by atoms with van der Waals surface area (Å²) in [5, 5.41) is 3.47. The van der Waals surface area contributed by atoms with Gasteiger partial charge in [-0.15, -0.1) is 0 Å². The highest BCUT2D eigenvalue weighted by atomic mass is 16.2. The van der Waals surface area contributed by atoms with Gasteiger partial charge in [-0.05, 0) is 36.8 Å². The summed E-state index contributed by atoms with van der Waals surface area (Å²) in [6.07, 6.45) is 4.63. The van der Waals surface area contributed by atoms with Gasteiger partial charge in [0, 0.05) is 25.0 Å². The zero-order valence-electron chi connectivity index (χ0n) is 11.1. The van der Waals surface area contributed by atoms with Crippen molar-refractivity contribution in [3.63, 3.8) is 0 Å². The Bertz CT molecular complexity index is 509. The molecule has 2 unspecified atom stereocenters. The van der Waals surface area contributed by atoms with E-state index in [1.165, 1.54) is 24.0 Å². The van der Waals surface area contributed by atoms with Gasteiger partial charge in [-0.3, -0.25) is 4.79 Å². The van der Waals surface area contributed by atoms with Crippen LogP contribution in [0.4, 0.5) is 0 Å². The fourth-order valence-corrected chi connectivity index (χ4v) is 3.40. The maximum atomic E-state index is 12.3. The van der Waals surface area contributed by atoms with Gasteiger partial charge >= 0.3 is 0 Å². The predicted molar refractivity (Wildman–Crippen MR) is 74.0 cm³/mol. The molecular weight excluding hydrogens is 236 g/mol. The number of benzene rings is 1. The first-order valence-corrected chi connectivity index (χ1v) is 7.44. The zero-order valence-corrected chi connectivity index (χ0v) is 11.1. The van der Waals surface area contributed by atoms with E-state index in [9.17, 15) is 4.79 Å². The molecule has 2 atom stereocenters. The molecule has 1 heterocycles. The van der Waals surface area contributed by atoms with Crippen LogP contribution in [0.25, 0.3) is 0 Å². The minimum absolute atomic E-state index is 0.0998. The molecule has 1 aromatic rings. The fourth-order valence-electron chi connectivity index (χ4n) is 3.40. The van der Waals surface area contributed by atoms with Crippen LogP contribution >= 0.6 is 0 Å². The summed E-state index contributed by atoms with van der Waals surface area (Å²) in [5.74, 6) is 0.899. The van der Waals surface area contributed by atoms with E-state index >= 15 is 0 Å². The summed E-state index contributed by atoms with van der Waals surface area (Å²) < 4.78 is 0. The molecule has 3 heteroatoms. The molecule has 100 valence electrons. The van der Waals surface area contributed by atoms with Gasteiger partial charge in [-0.1, -0.05) is 24.3 Å². The van der Waals surface area contributed by atoms with Crippen LogP contribution in [0.3, 0.4) is 0 Å². The molecule has 3 nitrogen and oxygen atoms in total. The van der Waals surface area contributed by atoms with Crippen LogP contribution in [-0.2, 0) is 11.2 Å². The fraction of sp³-hybridized carbons (Fsp3) is 0.562. The number of hydrogen-bond acceptors (Lipinski definition) is 2. The van der Waals surface area contributed by atoms with Crippen molar-refractivity contribution in [2.75, 3.05) is 13.1 Å². The monoisotopic (exact) mass is 256 g/mol. The van der Waals surface area contributed by atoms with Gasteiger partial charge in [-0.25, -0.2) is 0 Å². The van der Waals surface area contributed by atoms with E-state index in [0.717, 1.165) is 25.9 Å². The number of amides is 1. The van der Waals surface area contributed by atoms with Crippen molar-refractivity contribution in [2.45, 2.75) is 43.7 Å². The summed E-state index contributed by atoms with van der Waals surface area (Å²) in [4.78, 5) is 14.4. The van der Waals surface area contributed by atoms with Crippen molar-refractivity contribution in [1.29, 1.82) is 0 Å². The maximum absolute atomic E-state index is 12.3. The van der Waals surface area contributed by atoms with Crippen molar-refractivity contribution < 1.29 is 4.79 Å². The van der Waals surface area contributed by atoms with Gasteiger partial charge in [0.15, 0.2) is 0 Å². The molecule has 1 aromatic carbocycles. The van der Waals surface area contributed by atoms with Crippen LogP contribution in [0.15, 0.2) is 24.3 Å². The first-order chi connectivity index (χ1) is 9.31. The van der Waals surface area contributed by atoms with E-state index in [1.807, 2.05) is 0 Å². The van der Waals surface area contributed by atoms with Crippen LogP contribution in [-0.4, -0.2) is 36.0 Å². The first kappa shape index (κ1) is 11.5. The smallest absolute Gasteiger partial charge is 0.239 e. The molecule has 2 aliphatic carbocycles. The lowest BCUT2D eigenvalue weighted by Gasteiger charge is -2.33. The summed E-state index contributed by atoms with van der Waals surface area (Å²) in [5.41, 5.74) is 2.92. The molecule has 0 aromatic heterocycles.